The third kappa shape index (κ3) is 4.76. The first-order chi connectivity index (χ1) is 12.8. The number of nitrogens with one attached hydrogen (secondary N) is 2. The molecule has 138 valence electrons. The van der Waals surface area contributed by atoms with Crippen molar-refractivity contribution < 1.29 is 13.2 Å². The lowest BCUT2D eigenvalue weighted by Gasteiger charge is -2.09. The number of amides is 1. The molecule has 0 saturated carbocycles. The number of hydrogen-bond donors (Lipinski definition) is 2. The zero-order valence-corrected chi connectivity index (χ0v) is 16.6. The molecule has 0 aliphatic heterocycles. The van der Waals surface area contributed by atoms with Gasteiger partial charge in [0.05, 0.1) is 4.90 Å². The number of aryl methyl sites for hydroxylation is 1. The van der Waals surface area contributed by atoms with Crippen molar-refractivity contribution >= 4 is 55.2 Å². The Balaban J connectivity index is 1.70. The van der Waals surface area contributed by atoms with Crippen molar-refractivity contribution in [1.82, 2.24) is 4.98 Å². The molecule has 0 fully saturated rings. The van der Waals surface area contributed by atoms with Gasteiger partial charge in [-0.05, 0) is 36.8 Å². The number of aromatic nitrogens is 1. The first-order valence-corrected chi connectivity index (χ1v) is 10.6. The van der Waals surface area contributed by atoms with Crippen molar-refractivity contribution in [3.63, 3.8) is 0 Å². The second-order valence-electron chi connectivity index (χ2n) is 5.62. The summed E-state index contributed by atoms with van der Waals surface area (Å²) in [6.07, 6.45) is 1.51. The molecule has 3 rings (SSSR count). The molecule has 9 heteroatoms. The smallest absolute Gasteiger partial charge is 0.267 e. The Bertz CT molecular complexity index is 1080. The zero-order chi connectivity index (χ0) is 19.4. The largest absolute Gasteiger partial charge is 0.321 e. The molecule has 3 aromatic rings. The van der Waals surface area contributed by atoms with Crippen LogP contribution >= 0.6 is 23.6 Å². The fraction of sp³-hybridized carbons (Fsp3) is 0.0556. The molecule has 6 nitrogen and oxygen atoms in total. The Hall–Kier alpha value is -2.62. The summed E-state index contributed by atoms with van der Waals surface area (Å²) in [5, 5.41) is 4.64. The van der Waals surface area contributed by atoms with E-state index in [9.17, 15) is 13.2 Å². The first-order valence-electron chi connectivity index (χ1n) is 7.80. The summed E-state index contributed by atoms with van der Waals surface area (Å²) >= 11 is 6.41. The Labute approximate surface area is 166 Å². The minimum Gasteiger partial charge on any atom is -0.321 e. The fourth-order valence-corrected chi connectivity index (χ4v) is 4.24. The van der Waals surface area contributed by atoms with E-state index in [-0.39, 0.29) is 14.9 Å². The molecule has 0 bridgehead atoms. The Kier molecular flexibility index (Phi) is 5.64. The summed E-state index contributed by atoms with van der Waals surface area (Å²) in [6, 6.07) is 13.2. The van der Waals surface area contributed by atoms with Gasteiger partial charge in [0.2, 0.25) is 0 Å². The fourth-order valence-electron chi connectivity index (χ4n) is 2.27. The Morgan fingerprint density at radius 2 is 1.89 bits per heavy atom. The highest BCUT2D eigenvalue weighted by Crippen LogP contribution is 2.19. The van der Waals surface area contributed by atoms with Crippen molar-refractivity contribution in [2.24, 2.45) is 0 Å². The molecule has 0 unspecified atom stereocenters. The highest BCUT2D eigenvalue weighted by atomic mass is 32.2. The molecule has 1 amide bonds. The number of hydrogen-bond acceptors (Lipinski definition) is 6. The van der Waals surface area contributed by atoms with Crippen LogP contribution in [0.5, 0.6) is 0 Å². The monoisotopic (exact) mass is 417 g/mol. The number of sulfonamides is 1. The quantitative estimate of drug-likeness (QED) is 0.473. The van der Waals surface area contributed by atoms with Gasteiger partial charge in [0.15, 0.2) is 5.13 Å². The second kappa shape index (κ2) is 7.95. The van der Waals surface area contributed by atoms with Gasteiger partial charge in [-0.1, -0.05) is 42.0 Å². The highest BCUT2D eigenvalue weighted by Gasteiger charge is 2.16. The zero-order valence-electron chi connectivity index (χ0n) is 14.2. The van der Waals surface area contributed by atoms with Crippen LogP contribution in [0.4, 0.5) is 10.8 Å². The van der Waals surface area contributed by atoms with Gasteiger partial charge in [-0.2, -0.15) is 0 Å². The van der Waals surface area contributed by atoms with Crippen molar-refractivity contribution in [3.8, 4) is 0 Å². The van der Waals surface area contributed by atoms with Crippen LogP contribution in [0.15, 0.2) is 65.0 Å². The summed E-state index contributed by atoms with van der Waals surface area (Å²) in [5.41, 5.74) is 2.11. The van der Waals surface area contributed by atoms with E-state index in [1.54, 1.807) is 11.4 Å². The van der Waals surface area contributed by atoms with Gasteiger partial charge in [-0.3, -0.25) is 9.52 Å². The van der Waals surface area contributed by atoms with Crippen LogP contribution in [-0.4, -0.2) is 24.2 Å². The van der Waals surface area contributed by atoms with Gasteiger partial charge >= 0.3 is 0 Å². The van der Waals surface area contributed by atoms with Gasteiger partial charge in [0.25, 0.3) is 15.9 Å². The van der Waals surface area contributed by atoms with Crippen molar-refractivity contribution in [2.45, 2.75) is 11.8 Å². The number of benzene rings is 2. The van der Waals surface area contributed by atoms with E-state index in [0.29, 0.717) is 11.3 Å². The molecule has 27 heavy (non-hydrogen) atoms. The number of thiazole rings is 1. The van der Waals surface area contributed by atoms with Crippen LogP contribution in [-0.2, 0) is 14.8 Å². The molecule has 1 aromatic heterocycles. The molecule has 0 aliphatic rings. The minimum absolute atomic E-state index is 0.0666. The van der Waals surface area contributed by atoms with Crippen LogP contribution in [0.1, 0.15) is 11.1 Å². The maximum Gasteiger partial charge on any atom is 0.267 e. The Morgan fingerprint density at radius 1 is 1.15 bits per heavy atom. The first kappa shape index (κ1) is 19.2. The molecule has 0 aliphatic carbocycles. The maximum atomic E-state index is 12.3. The summed E-state index contributed by atoms with van der Waals surface area (Å²) in [5.74, 6) is -0.424. The molecular weight excluding hydrogens is 402 g/mol. The van der Waals surface area contributed by atoms with Crippen molar-refractivity contribution in [2.75, 3.05) is 10.0 Å². The van der Waals surface area contributed by atoms with Gasteiger partial charge in [-0.15, -0.1) is 11.3 Å². The third-order valence-electron chi connectivity index (χ3n) is 3.56. The lowest BCUT2D eigenvalue weighted by atomic mass is 10.1. The summed E-state index contributed by atoms with van der Waals surface area (Å²) in [4.78, 5) is 16.5. The van der Waals surface area contributed by atoms with Crippen molar-refractivity contribution in [1.29, 1.82) is 0 Å². The number of nitrogens with zero attached hydrogens (tertiary/aromatic N) is 1. The predicted molar refractivity (Wildman–Crippen MR) is 111 cm³/mol. The molecule has 2 N–H and O–H groups in total. The number of anilines is 2. The molecule has 1 heterocycles. The van der Waals surface area contributed by atoms with Crippen LogP contribution in [0.2, 0.25) is 0 Å². The topological polar surface area (TPSA) is 88.2 Å². The lowest BCUT2D eigenvalue weighted by molar-refractivity contribution is -0.110. The molecule has 0 saturated heterocycles. The van der Waals surface area contributed by atoms with Crippen LogP contribution in [0.25, 0.3) is 0 Å². The number of carbonyl (C=O) groups is 1. The standard InChI is InChI=1S/C18H15N3O3S3/c1-12-3-2-4-13(11-12)16(25)17(22)20-14-5-7-15(8-6-14)27(23,24)21-18-19-9-10-26-18/h2-11H,1H3,(H,19,21)(H,20,22). The number of thiocarbonyl (C=S) groups is 1. The van der Waals surface area contributed by atoms with E-state index in [1.165, 1.54) is 41.8 Å². The summed E-state index contributed by atoms with van der Waals surface area (Å²) < 4.78 is 27.0. The molecule has 0 radical (unpaired) electrons. The van der Waals surface area contributed by atoms with Crippen LogP contribution in [0.3, 0.4) is 0 Å². The summed E-state index contributed by atoms with van der Waals surface area (Å²) in [6.45, 7) is 1.92. The predicted octanol–water partition coefficient (Wildman–Crippen LogP) is 3.61. The average molecular weight is 418 g/mol. The van der Waals surface area contributed by atoms with E-state index >= 15 is 0 Å². The third-order valence-corrected chi connectivity index (χ3v) is 6.16. The molecule has 0 atom stereocenters. The van der Waals surface area contributed by atoms with E-state index in [1.807, 2.05) is 25.1 Å². The van der Waals surface area contributed by atoms with Gasteiger partial charge in [-0.25, -0.2) is 13.4 Å². The van der Waals surface area contributed by atoms with E-state index in [0.717, 1.165) is 5.56 Å². The highest BCUT2D eigenvalue weighted by molar-refractivity contribution is 7.93. The molecule has 2 aromatic carbocycles. The van der Waals surface area contributed by atoms with Gasteiger partial charge < -0.3 is 5.32 Å². The van der Waals surface area contributed by atoms with Gasteiger partial charge in [0, 0.05) is 17.3 Å². The van der Waals surface area contributed by atoms with Crippen LogP contribution < -0.4 is 10.0 Å². The van der Waals surface area contributed by atoms with E-state index in [4.69, 9.17) is 12.2 Å². The normalized spacial score (nSPS) is 11.0. The summed E-state index contributed by atoms with van der Waals surface area (Å²) in [7, 11) is -3.73. The van der Waals surface area contributed by atoms with Crippen molar-refractivity contribution in [3.05, 3.63) is 71.2 Å². The molecule has 0 spiro atoms. The van der Waals surface area contributed by atoms with Crippen LogP contribution in [0, 0.1) is 6.92 Å². The van der Waals surface area contributed by atoms with E-state index in [2.05, 4.69) is 15.0 Å². The minimum atomic E-state index is -3.73. The lowest BCUT2D eigenvalue weighted by Crippen LogP contribution is -2.22. The second-order valence-corrected chi connectivity index (χ2v) is 8.61. The maximum absolute atomic E-state index is 12.3. The average Bonchev–Trinajstić information content (AvgIpc) is 3.13. The number of rotatable bonds is 6. The van der Waals surface area contributed by atoms with E-state index < -0.39 is 15.9 Å². The Morgan fingerprint density at radius 3 is 2.52 bits per heavy atom. The molecular formula is C18H15N3O3S3. The van der Waals surface area contributed by atoms with Gasteiger partial charge in [0.1, 0.15) is 4.86 Å². The SMILES string of the molecule is Cc1cccc(C(=S)C(=O)Nc2ccc(S(=O)(=O)Nc3nccs3)cc2)c1. The number of carbonyl (C=O) groups excluding carboxylic acids is 1.